The highest BCUT2D eigenvalue weighted by Crippen LogP contribution is 2.24. The highest BCUT2D eigenvalue weighted by atomic mass is 79.9. The predicted molar refractivity (Wildman–Crippen MR) is 82.2 cm³/mol. The van der Waals surface area contributed by atoms with E-state index in [4.69, 9.17) is 0 Å². The van der Waals surface area contributed by atoms with E-state index >= 15 is 0 Å². The fraction of sp³-hybridized carbons (Fsp3) is 0.133. The largest absolute Gasteiger partial charge is 0.380 e. The van der Waals surface area contributed by atoms with Crippen LogP contribution < -0.4 is 10.6 Å². The maximum atomic E-state index is 13.0. The van der Waals surface area contributed by atoms with Crippen LogP contribution in [0.1, 0.15) is 12.5 Å². The van der Waals surface area contributed by atoms with Crippen molar-refractivity contribution in [2.75, 3.05) is 10.6 Å². The van der Waals surface area contributed by atoms with Crippen LogP contribution in [0.2, 0.25) is 0 Å². The molecular formula is C15H14BrFN2O. The number of rotatable bonds is 4. The first-order chi connectivity index (χ1) is 9.56. The van der Waals surface area contributed by atoms with Gasteiger partial charge in [0.25, 0.3) is 0 Å². The molecule has 3 nitrogen and oxygen atoms in total. The Bertz CT molecular complexity index is 631. The van der Waals surface area contributed by atoms with Crippen LogP contribution in [-0.2, 0) is 11.3 Å². The molecule has 0 saturated carbocycles. The van der Waals surface area contributed by atoms with E-state index in [1.165, 1.54) is 19.1 Å². The molecule has 0 fully saturated rings. The van der Waals surface area contributed by atoms with E-state index in [1.54, 1.807) is 6.07 Å². The van der Waals surface area contributed by atoms with Crippen molar-refractivity contribution in [2.24, 2.45) is 0 Å². The van der Waals surface area contributed by atoms with E-state index in [1.807, 2.05) is 24.3 Å². The van der Waals surface area contributed by atoms with Gasteiger partial charge in [0.1, 0.15) is 5.82 Å². The normalized spacial score (nSPS) is 10.2. The maximum absolute atomic E-state index is 13.0. The summed E-state index contributed by atoms with van der Waals surface area (Å²) in [6, 6.07) is 12.0. The Kier molecular flexibility index (Phi) is 4.74. The zero-order valence-corrected chi connectivity index (χ0v) is 12.5. The van der Waals surface area contributed by atoms with E-state index in [-0.39, 0.29) is 11.7 Å². The summed E-state index contributed by atoms with van der Waals surface area (Å²) in [6.45, 7) is 2.00. The lowest BCUT2D eigenvalue weighted by Crippen LogP contribution is -2.10. The van der Waals surface area contributed by atoms with Crippen molar-refractivity contribution in [3.63, 3.8) is 0 Å². The number of anilines is 2. The van der Waals surface area contributed by atoms with Crippen molar-refractivity contribution in [3.8, 4) is 0 Å². The van der Waals surface area contributed by atoms with E-state index in [9.17, 15) is 9.18 Å². The maximum Gasteiger partial charge on any atom is 0.221 e. The lowest BCUT2D eigenvalue weighted by atomic mass is 10.1. The summed E-state index contributed by atoms with van der Waals surface area (Å²) >= 11 is 3.31. The van der Waals surface area contributed by atoms with Gasteiger partial charge in [-0.25, -0.2) is 4.39 Å². The molecule has 0 atom stereocenters. The lowest BCUT2D eigenvalue weighted by Gasteiger charge is -2.12. The molecule has 0 spiro atoms. The summed E-state index contributed by atoms with van der Waals surface area (Å²) in [6.07, 6.45) is 0. The number of carbonyl (C=O) groups is 1. The molecule has 1 amide bonds. The summed E-state index contributed by atoms with van der Waals surface area (Å²) in [4.78, 5) is 11.2. The van der Waals surface area contributed by atoms with Crippen molar-refractivity contribution in [1.82, 2.24) is 0 Å². The van der Waals surface area contributed by atoms with Crippen LogP contribution in [-0.4, -0.2) is 5.91 Å². The fourth-order valence-corrected chi connectivity index (χ4v) is 2.30. The lowest BCUT2D eigenvalue weighted by molar-refractivity contribution is -0.114. The number of halogens is 2. The van der Waals surface area contributed by atoms with Gasteiger partial charge in [-0.15, -0.1) is 0 Å². The minimum absolute atomic E-state index is 0.111. The fourth-order valence-electron chi connectivity index (χ4n) is 1.81. The second-order valence-electron chi connectivity index (χ2n) is 4.32. The van der Waals surface area contributed by atoms with E-state index < -0.39 is 0 Å². The van der Waals surface area contributed by atoms with E-state index in [2.05, 4.69) is 26.6 Å². The van der Waals surface area contributed by atoms with Gasteiger partial charge in [-0.3, -0.25) is 4.79 Å². The molecule has 0 heterocycles. The third-order valence-electron chi connectivity index (χ3n) is 2.73. The van der Waals surface area contributed by atoms with Gasteiger partial charge in [-0.2, -0.15) is 0 Å². The molecule has 2 rings (SSSR count). The van der Waals surface area contributed by atoms with Crippen LogP contribution in [0.5, 0.6) is 0 Å². The number of carbonyl (C=O) groups excluding carboxylic acids is 1. The number of para-hydroxylation sites is 1. The molecular weight excluding hydrogens is 323 g/mol. The summed E-state index contributed by atoms with van der Waals surface area (Å²) in [5.74, 6) is -0.401. The molecule has 0 unspecified atom stereocenters. The third kappa shape index (κ3) is 3.81. The molecule has 2 aromatic rings. The van der Waals surface area contributed by atoms with Gasteiger partial charge < -0.3 is 10.6 Å². The highest BCUT2D eigenvalue weighted by Gasteiger charge is 2.05. The van der Waals surface area contributed by atoms with Crippen molar-refractivity contribution < 1.29 is 9.18 Å². The molecule has 0 radical (unpaired) electrons. The Hall–Kier alpha value is -1.88. The van der Waals surface area contributed by atoms with Crippen molar-refractivity contribution >= 4 is 33.2 Å². The first-order valence-electron chi connectivity index (χ1n) is 6.10. The monoisotopic (exact) mass is 336 g/mol. The average molecular weight is 337 g/mol. The van der Waals surface area contributed by atoms with Gasteiger partial charge in [-0.05, 0) is 45.8 Å². The minimum Gasteiger partial charge on any atom is -0.380 e. The number of hydrogen-bond acceptors (Lipinski definition) is 2. The van der Waals surface area contributed by atoms with E-state index in [0.717, 1.165) is 16.9 Å². The predicted octanol–water partition coefficient (Wildman–Crippen LogP) is 4.16. The number of amides is 1. The Morgan fingerprint density at radius 2 is 1.95 bits per heavy atom. The van der Waals surface area contributed by atoms with Gasteiger partial charge in [0.2, 0.25) is 5.91 Å². The molecule has 0 bridgehead atoms. The Labute approximate surface area is 125 Å². The average Bonchev–Trinajstić information content (AvgIpc) is 2.39. The second-order valence-corrected chi connectivity index (χ2v) is 5.17. The van der Waals surface area contributed by atoms with Crippen LogP contribution in [0.3, 0.4) is 0 Å². The first kappa shape index (κ1) is 14.5. The van der Waals surface area contributed by atoms with Gasteiger partial charge >= 0.3 is 0 Å². The van der Waals surface area contributed by atoms with Crippen LogP contribution in [0.25, 0.3) is 0 Å². The van der Waals surface area contributed by atoms with Gasteiger partial charge in [0.05, 0.1) is 0 Å². The number of benzene rings is 2. The Morgan fingerprint density at radius 1 is 1.20 bits per heavy atom. The summed E-state index contributed by atoms with van der Waals surface area (Å²) in [7, 11) is 0. The zero-order valence-electron chi connectivity index (χ0n) is 10.9. The molecule has 0 aliphatic rings. The van der Waals surface area contributed by atoms with E-state index in [0.29, 0.717) is 11.0 Å². The number of nitrogens with one attached hydrogen (secondary N) is 2. The standard InChI is InChI=1S/C15H14BrFN2O/c1-10(20)19-14-5-3-2-4-11(14)9-18-15-7-6-12(17)8-13(15)16/h2-8,18H,9H2,1H3,(H,19,20). The zero-order chi connectivity index (χ0) is 14.5. The smallest absolute Gasteiger partial charge is 0.221 e. The molecule has 0 saturated heterocycles. The summed E-state index contributed by atoms with van der Waals surface area (Å²) in [5.41, 5.74) is 2.52. The van der Waals surface area contributed by atoms with Crippen molar-refractivity contribution in [3.05, 3.63) is 58.3 Å². The van der Waals surface area contributed by atoms with Crippen molar-refractivity contribution in [1.29, 1.82) is 0 Å². The van der Waals surface area contributed by atoms with Gasteiger partial charge in [0.15, 0.2) is 0 Å². The first-order valence-corrected chi connectivity index (χ1v) is 6.90. The Balaban J connectivity index is 2.12. The molecule has 0 aliphatic heterocycles. The van der Waals surface area contributed by atoms with Crippen LogP contribution in [0.15, 0.2) is 46.9 Å². The van der Waals surface area contributed by atoms with Gasteiger partial charge in [-0.1, -0.05) is 18.2 Å². The van der Waals surface area contributed by atoms with Gasteiger partial charge in [0, 0.05) is 29.3 Å². The van der Waals surface area contributed by atoms with Crippen LogP contribution in [0, 0.1) is 5.82 Å². The molecule has 20 heavy (non-hydrogen) atoms. The topological polar surface area (TPSA) is 41.1 Å². The molecule has 0 aromatic heterocycles. The quantitative estimate of drug-likeness (QED) is 0.880. The second kappa shape index (κ2) is 6.52. The van der Waals surface area contributed by atoms with Crippen LogP contribution in [0.4, 0.5) is 15.8 Å². The molecule has 0 aliphatic carbocycles. The number of hydrogen-bond donors (Lipinski definition) is 2. The molecule has 5 heteroatoms. The van der Waals surface area contributed by atoms with Crippen molar-refractivity contribution in [2.45, 2.75) is 13.5 Å². The minimum atomic E-state index is -0.291. The summed E-state index contributed by atoms with van der Waals surface area (Å²) in [5, 5.41) is 5.99. The molecule has 2 aromatic carbocycles. The van der Waals surface area contributed by atoms with Crippen LogP contribution >= 0.6 is 15.9 Å². The Morgan fingerprint density at radius 3 is 2.65 bits per heavy atom. The molecule has 2 N–H and O–H groups in total. The highest BCUT2D eigenvalue weighted by molar-refractivity contribution is 9.10. The SMILES string of the molecule is CC(=O)Nc1ccccc1CNc1ccc(F)cc1Br. The summed E-state index contributed by atoms with van der Waals surface area (Å²) < 4.78 is 13.7. The third-order valence-corrected chi connectivity index (χ3v) is 3.38. The molecule has 104 valence electrons.